The summed E-state index contributed by atoms with van der Waals surface area (Å²) in [7, 11) is 0. The van der Waals surface area contributed by atoms with Crippen LogP contribution in [0.4, 0.5) is 0 Å². The number of aromatic nitrogens is 3. The molecule has 5 nitrogen and oxygen atoms in total. The van der Waals surface area contributed by atoms with Gasteiger partial charge in [-0.2, -0.15) is 5.10 Å². The van der Waals surface area contributed by atoms with Gasteiger partial charge in [-0.15, -0.1) is 0 Å². The summed E-state index contributed by atoms with van der Waals surface area (Å²) in [5.74, 6) is 6.60. The van der Waals surface area contributed by atoms with Crippen molar-refractivity contribution >= 4 is 17.2 Å². The molecule has 0 unspecified atom stereocenters. The van der Waals surface area contributed by atoms with Crippen molar-refractivity contribution < 1.29 is 0 Å². The number of nitrogens with two attached hydrogens (primary N) is 1. The van der Waals surface area contributed by atoms with Crippen LogP contribution >= 0.6 is 0 Å². The zero-order valence-electron chi connectivity index (χ0n) is 13.0. The van der Waals surface area contributed by atoms with E-state index >= 15 is 0 Å². The molecule has 1 saturated carbocycles. The van der Waals surface area contributed by atoms with Crippen molar-refractivity contribution in [2.24, 2.45) is 10.9 Å². The lowest BCUT2D eigenvalue weighted by molar-refractivity contribution is 0.337. The Bertz CT molecular complexity index is 677. The van der Waals surface area contributed by atoms with E-state index in [1.54, 1.807) is 6.21 Å². The third-order valence-corrected chi connectivity index (χ3v) is 4.53. The predicted octanol–water partition coefficient (Wildman–Crippen LogP) is 3.14. The molecule has 2 heterocycles. The molecule has 21 heavy (non-hydrogen) atoms. The summed E-state index contributed by atoms with van der Waals surface area (Å²) >= 11 is 0. The van der Waals surface area contributed by atoms with Crippen LogP contribution in [0.5, 0.6) is 0 Å². The molecule has 5 heteroatoms. The topological polar surface area (TPSA) is 69.1 Å². The lowest BCUT2D eigenvalue weighted by Crippen LogP contribution is -2.28. The summed E-state index contributed by atoms with van der Waals surface area (Å²) in [4.78, 5) is 9.29. The Kier molecular flexibility index (Phi) is 3.43. The zero-order valence-corrected chi connectivity index (χ0v) is 13.0. The largest absolute Gasteiger partial charge is 0.323 e. The van der Waals surface area contributed by atoms with Crippen molar-refractivity contribution in [2.45, 2.75) is 57.9 Å². The maximum absolute atomic E-state index is 5.39. The molecular formula is C16H23N5. The molecule has 0 radical (unpaired) electrons. The summed E-state index contributed by atoms with van der Waals surface area (Å²) in [6.45, 7) is 6.55. The molecule has 0 aliphatic heterocycles. The number of fused-ring (bicyclic) bond motifs is 1. The van der Waals surface area contributed by atoms with E-state index in [1.807, 2.05) is 6.20 Å². The van der Waals surface area contributed by atoms with Gasteiger partial charge >= 0.3 is 0 Å². The molecule has 1 aliphatic carbocycles. The van der Waals surface area contributed by atoms with Gasteiger partial charge in [-0.05, 0) is 25.8 Å². The summed E-state index contributed by atoms with van der Waals surface area (Å²) < 4.78 is 2.32. The smallest absolute Gasteiger partial charge is 0.144 e. The standard InChI is InChI=1S/C16H23N5/c1-11(2)14-18-9-12-8-13(10-19-17)21(15(12)20-14)16(3)6-4-5-7-16/h8-11H,4-7,17H2,1-3H3/b19-10-. The van der Waals surface area contributed by atoms with Crippen LogP contribution in [0, 0.1) is 0 Å². The van der Waals surface area contributed by atoms with Crippen molar-refractivity contribution in [1.29, 1.82) is 0 Å². The summed E-state index contributed by atoms with van der Waals surface area (Å²) in [6, 6.07) is 2.08. The highest BCUT2D eigenvalue weighted by Gasteiger charge is 2.33. The minimum atomic E-state index is 0.0981. The van der Waals surface area contributed by atoms with Gasteiger partial charge in [0.25, 0.3) is 0 Å². The third-order valence-electron chi connectivity index (χ3n) is 4.53. The van der Waals surface area contributed by atoms with Gasteiger partial charge in [0.15, 0.2) is 0 Å². The highest BCUT2D eigenvalue weighted by Crippen LogP contribution is 2.39. The molecule has 2 aromatic heterocycles. The SMILES string of the molecule is CC(C)c1ncc2cc(/C=N\N)n(C3(C)CCCC3)c2n1. The summed E-state index contributed by atoms with van der Waals surface area (Å²) in [5, 5.41) is 4.79. The maximum Gasteiger partial charge on any atom is 0.144 e. The van der Waals surface area contributed by atoms with Gasteiger partial charge in [-0.1, -0.05) is 26.7 Å². The van der Waals surface area contributed by atoms with E-state index in [-0.39, 0.29) is 5.54 Å². The van der Waals surface area contributed by atoms with Gasteiger partial charge < -0.3 is 10.4 Å². The van der Waals surface area contributed by atoms with Gasteiger partial charge in [0.2, 0.25) is 0 Å². The minimum Gasteiger partial charge on any atom is -0.323 e. The highest BCUT2D eigenvalue weighted by molar-refractivity contribution is 5.88. The van der Waals surface area contributed by atoms with Crippen LogP contribution in [0.3, 0.4) is 0 Å². The van der Waals surface area contributed by atoms with E-state index in [0.29, 0.717) is 5.92 Å². The summed E-state index contributed by atoms with van der Waals surface area (Å²) in [6.07, 6.45) is 8.50. The Labute approximate surface area is 125 Å². The first kappa shape index (κ1) is 14.0. The Hall–Kier alpha value is -1.91. The van der Waals surface area contributed by atoms with Gasteiger partial charge in [-0.25, -0.2) is 9.97 Å². The number of hydrogen-bond acceptors (Lipinski definition) is 4. The van der Waals surface area contributed by atoms with Crippen molar-refractivity contribution in [3.05, 3.63) is 23.8 Å². The van der Waals surface area contributed by atoms with Crippen LogP contribution < -0.4 is 5.84 Å². The fraction of sp³-hybridized carbons (Fsp3) is 0.562. The molecule has 1 fully saturated rings. The average molecular weight is 285 g/mol. The van der Waals surface area contributed by atoms with E-state index in [4.69, 9.17) is 10.8 Å². The second kappa shape index (κ2) is 5.13. The Balaban J connectivity index is 2.26. The number of nitrogens with zero attached hydrogens (tertiary/aromatic N) is 4. The van der Waals surface area contributed by atoms with E-state index < -0.39 is 0 Å². The van der Waals surface area contributed by atoms with Gasteiger partial charge in [0.1, 0.15) is 11.5 Å². The lowest BCUT2D eigenvalue weighted by atomic mass is 10.00. The van der Waals surface area contributed by atoms with Crippen molar-refractivity contribution in [3.63, 3.8) is 0 Å². The van der Waals surface area contributed by atoms with E-state index in [0.717, 1.165) is 22.6 Å². The van der Waals surface area contributed by atoms with Crippen LogP contribution in [0.25, 0.3) is 11.0 Å². The molecule has 0 amide bonds. The fourth-order valence-electron chi connectivity index (χ4n) is 3.40. The molecule has 0 spiro atoms. The molecule has 2 N–H and O–H groups in total. The van der Waals surface area contributed by atoms with E-state index in [1.165, 1.54) is 25.7 Å². The second-order valence-corrected chi connectivity index (χ2v) is 6.55. The normalized spacial score (nSPS) is 18.3. The number of hydrazone groups is 1. The molecule has 0 aromatic carbocycles. The fourth-order valence-corrected chi connectivity index (χ4v) is 3.40. The molecular weight excluding hydrogens is 262 g/mol. The molecule has 0 saturated heterocycles. The Morgan fingerprint density at radius 1 is 1.38 bits per heavy atom. The second-order valence-electron chi connectivity index (χ2n) is 6.55. The van der Waals surface area contributed by atoms with E-state index in [2.05, 4.69) is 41.5 Å². The van der Waals surface area contributed by atoms with Crippen LogP contribution in [0.15, 0.2) is 17.4 Å². The first-order chi connectivity index (χ1) is 10.0. The summed E-state index contributed by atoms with van der Waals surface area (Å²) in [5.41, 5.74) is 2.13. The van der Waals surface area contributed by atoms with E-state index in [9.17, 15) is 0 Å². The van der Waals surface area contributed by atoms with Gasteiger partial charge in [-0.3, -0.25) is 0 Å². The van der Waals surface area contributed by atoms with Crippen LogP contribution in [-0.2, 0) is 5.54 Å². The van der Waals surface area contributed by atoms with Crippen molar-refractivity contribution in [2.75, 3.05) is 0 Å². The quantitative estimate of drug-likeness (QED) is 0.535. The Morgan fingerprint density at radius 3 is 2.71 bits per heavy atom. The minimum absolute atomic E-state index is 0.0981. The molecule has 112 valence electrons. The number of hydrogen-bond donors (Lipinski definition) is 1. The third kappa shape index (κ3) is 2.30. The highest BCUT2D eigenvalue weighted by atomic mass is 15.2. The van der Waals surface area contributed by atoms with Gasteiger partial charge in [0, 0.05) is 23.0 Å². The molecule has 2 aromatic rings. The van der Waals surface area contributed by atoms with Crippen LogP contribution in [0.2, 0.25) is 0 Å². The van der Waals surface area contributed by atoms with Crippen LogP contribution in [0.1, 0.15) is 63.9 Å². The zero-order chi connectivity index (χ0) is 15.0. The average Bonchev–Trinajstić information content (AvgIpc) is 3.02. The predicted molar refractivity (Wildman–Crippen MR) is 85.5 cm³/mol. The molecule has 3 rings (SSSR count). The first-order valence-corrected chi connectivity index (χ1v) is 7.67. The molecule has 1 aliphatic rings. The monoisotopic (exact) mass is 285 g/mol. The lowest BCUT2D eigenvalue weighted by Gasteiger charge is -2.28. The van der Waals surface area contributed by atoms with Crippen molar-refractivity contribution in [1.82, 2.24) is 14.5 Å². The van der Waals surface area contributed by atoms with Crippen molar-refractivity contribution in [3.8, 4) is 0 Å². The van der Waals surface area contributed by atoms with Gasteiger partial charge in [0.05, 0.1) is 11.9 Å². The maximum atomic E-state index is 5.39. The Morgan fingerprint density at radius 2 is 2.10 bits per heavy atom. The number of rotatable bonds is 3. The molecule has 0 atom stereocenters. The molecule has 0 bridgehead atoms. The first-order valence-electron chi connectivity index (χ1n) is 7.67. The van der Waals surface area contributed by atoms with Crippen LogP contribution in [-0.4, -0.2) is 20.7 Å².